The summed E-state index contributed by atoms with van der Waals surface area (Å²) < 4.78 is 4.70. The number of carbonyl (C=O) groups is 1. The van der Waals surface area contributed by atoms with Crippen LogP contribution in [0.15, 0.2) is 6.07 Å². The third-order valence-electron chi connectivity index (χ3n) is 1.53. The number of carbonyl (C=O) groups excluding carboxylic acids is 1. The molecule has 5 heteroatoms. The molecule has 1 aromatic carbocycles. The van der Waals surface area contributed by atoms with Crippen LogP contribution in [0, 0.1) is 0 Å². The van der Waals surface area contributed by atoms with Gasteiger partial charge in [0.15, 0.2) is 17.8 Å². The van der Waals surface area contributed by atoms with Crippen LogP contribution >= 0.6 is 11.6 Å². The molecule has 4 nitrogen and oxygen atoms in total. The molecule has 0 heterocycles. The van der Waals surface area contributed by atoms with Crippen molar-refractivity contribution in [1.82, 2.24) is 0 Å². The van der Waals surface area contributed by atoms with Gasteiger partial charge in [-0.25, -0.2) is 0 Å². The van der Waals surface area contributed by atoms with Gasteiger partial charge in [-0.2, -0.15) is 0 Å². The predicted molar refractivity (Wildman–Crippen MR) is 46.7 cm³/mol. The number of hydrogen-bond acceptors (Lipinski definition) is 4. The van der Waals surface area contributed by atoms with Crippen LogP contribution in [0.2, 0.25) is 5.02 Å². The third kappa shape index (κ3) is 1.53. The molecule has 1 rings (SSSR count). The van der Waals surface area contributed by atoms with Gasteiger partial charge in [0.1, 0.15) is 0 Å². The second-order valence-corrected chi connectivity index (χ2v) is 2.68. The summed E-state index contributed by atoms with van der Waals surface area (Å²) in [6.45, 7) is 0. The SMILES string of the molecule is COc1c(O)c(O)cc(C=O)c1Cl. The quantitative estimate of drug-likeness (QED) is 0.564. The number of ether oxygens (including phenoxy) is 1. The fourth-order valence-corrected chi connectivity index (χ4v) is 1.17. The number of hydrogen-bond donors (Lipinski definition) is 2. The van der Waals surface area contributed by atoms with Crippen molar-refractivity contribution in [1.29, 1.82) is 0 Å². The van der Waals surface area contributed by atoms with Crippen molar-refractivity contribution in [3.05, 3.63) is 16.7 Å². The highest BCUT2D eigenvalue weighted by Crippen LogP contribution is 2.42. The molecular weight excluding hydrogens is 196 g/mol. The zero-order valence-electron chi connectivity index (χ0n) is 6.74. The number of methoxy groups -OCH3 is 1. The minimum absolute atomic E-state index is 0.0206. The van der Waals surface area contributed by atoms with Crippen LogP contribution in [0.25, 0.3) is 0 Å². The van der Waals surface area contributed by atoms with E-state index in [1.54, 1.807) is 0 Å². The van der Waals surface area contributed by atoms with Crippen molar-refractivity contribution >= 4 is 17.9 Å². The highest BCUT2D eigenvalue weighted by atomic mass is 35.5. The Bertz CT molecular complexity index is 348. The first-order chi connectivity index (χ1) is 6.11. The molecule has 0 aliphatic heterocycles. The maximum Gasteiger partial charge on any atom is 0.202 e. The molecule has 70 valence electrons. The maximum absolute atomic E-state index is 10.4. The number of aromatic hydroxyl groups is 2. The van der Waals surface area contributed by atoms with E-state index in [4.69, 9.17) is 21.4 Å². The predicted octanol–water partition coefficient (Wildman–Crippen LogP) is 1.57. The number of phenols is 2. The summed E-state index contributed by atoms with van der Waals surface area (Å²) in [5, 5.41) is 18.3. The molecule has 0 aliphatic rings. The van der Waals surface area contributed by atoms with Crippen LogP contribution in [-0.2, 0) is 0 Å². The Balaban J connectivity index is 3.47. The molecule has 0 unspecified atom stereocenters. The van der Waals surface area contributed by atoms with Crippen LogP contribution in [0.1, 0.15) is 10.4 Å². The van der Waals surface area contributed by atoms with E-state index in [1.165, 1.54) is 7.11 Å². The van der Waals surface area contributed by atoms with E-state index in [2.05, 4.69) is 0 Å². The van der Waals surface area contributed by atoms with Gasteiger partial charge in [0.25, 0.3) is 0 Å². The molecule has 2 N–H and O–H groups in total. The van der Waals surface area contributed by atoms with Crippen LogP contribution in [-0.4, -0.2) is 23.6 Å². The first kappa shape index (κ1) is 9.67. The van der Waals surface area contributed by atoms with Gasteiger partial charge in [-0.05, 0) is 6.07 Å². The monoisotopic (exact) mass is 202 g/mol. The number of phenolic OH excluding ortho intramolecular Hbond substituents is 2. The largest absolute Gasteiger partial charge is 0.504 e. The Labute approximate surface area is 79.3 Å². The Morgan fingerprint density at radius 3 is 2.62 bits per heavy atom. The highest BCUT2D eigenvalue weighted by Gasteiger charge is 2.15. The lowest BCUT2D eigenvalue weighted by Gasteiger charge is -2.08. The molecule has 0 atom stereocenters. The average molecular weight is 203 g/mol. The molecule has 13 heavy (non-hydrogen) atoms. The van der Waals surface area contributed by atoms with Crippen molar-refractivity contribution in [2.45, 2.75) is 0 Å². The van der Waals surface area contributed by atoms with Gasteiger partial charge in [-0.1, -0.05) is 11.6 Å². The topological polar surface area (TPSA) is 66.8 Å². The van der Waals surface area contributed by atoms with E-state index >= 15 is 0 Å². The Morgan fingerprint density at radius 1 is 1.54 bits per heavy atom. The summed E-state index contributed by atoms with van der Waals surface area (Å²) in [4.78, 5) is 10.4. The third-order valence-corrected chi connectivity index (χ3v) is 1.92. The number of halogens is 1. The van der Waals surface area contributed by atoms with Gasteiger partial charge in [0, 0.05) is 5.56 Å². The summed E-state index contributed by atoms with van der Waals surface area (Å²) in [6, 6.07) is 1.06. The molecule has 0 amide bonds. The van der Waals surface area contributed by atoms with Gasteiger partial charge in [-0.15, -0.1) is 0 Å². The fourth-order valence-electron chi connectivity index (χ4n) is 0.902. The first-order valence-electron chi connectivity index (χ1n) is 3.35. The number of rotatable bonds is 2. The molecule has 0 aromatic heterocycles. The van der Waals surface area contributed by atoms with Crippen LogP contribution in [0.5, 0.6) is 17.2 Å². The van der Waals surface area contributed by atoms with Gasteiger partial charge in [0.2, 0.25) is 5.75 Å². The number of benzene rings is 1. The fraction of sp³-hybridized carbons (Fsp3) is 0.125. The molecule has 0 bridgehead atoms. The van der Waals surface area contributed by atoms with Crippen LogP contribution in [0.3, 0.4) is 0 Å². The van der Waals surface area contributed by atoms with Crippen LogP contribution < -0.4 is 4.74 Å². The Morgan fingerprint density at radius 2 is 2.15 bits per heavy atom. The zero-order chi connectivity index (χ0) is 10.0. The van der Waals surface area contributed by atoms with Crippen molar-refractivity contribution in [3.63, 3.8) is 0 Å². The molecule has 1 aromatic rings. The summed E-state index contributed by atoms with van der Waals surface area (Å²) in [6.07, 6.45) is 0.462. The van der Waals surface area contributed by atoms with E-state index in [9.17, 15) is 9.90 Å². The maximum atomic E-state index is 10.4. The zero-order valence-corrected chi connectivity index (χ0v) is 7.50. The van der Waals surface area contributed by atoms with Crippen molar-refractivity contribution in [3.8, 4) is 17.2 Å². The van der Waals surface area contributed by atoms with Gasteiger partial charge in [0.05, 0.1) is 12.1 Å². The molecule has 0 fully saturated rings. The summed E-state index contributed by atoms with van der Waals surface area (Å²) in [5.74, 6) is -1.02. The first-order valence-corrected chi connectivity index (χ1v) is 3.73. The second kappa shape index (κ2) is 3.53. The molecule has 0 aliphatic carbocycles. The summed E-state index contributed by atoms with van der Waals surface area (Å²) >= 11 is 5.66. The van der Waals surface area contributed by atoms with E-state index < -0.39 is 11.5 Å². The van der Waals surface area contributed by atoms with Gasteiger partial charge >= 0.3 is 0 Å². The normalized spacial score (nSPS) is 9.69. The number of aldehydes is 1. The molecular formula is C8H7ClO4. The van der Waals surface area contributed by atoms with Crippen molar-refractivity contribution < 1.29 is 19.7 Å². The molecule has 0 radical (unpaired) electrons. The lowest BCUT2D eigenvalue weighted by Crippen LogP contribution is -1.90. The van der Waals surface area contributed by atoms with Crippen molar-refractivity contribution in [2.24, 2.45) is 0 Å². The van der Waals surface area contributed by atoms with E-state index in [0.717, 1.165) is 6.07 Å². The van der Waals surface area contributed by atoms with Crippen LogP contribution in [0.4, 0.5) is 0 Å². The molecule has 0 saturated heterocycles. The molecule has 0 saturated carbocycles. The van der Waals surface area contributed by atoms with E-state index in [1.807, 2.05) is 0 Å². The van der Waals surface area contributed by atoms with Gasteiger partial charge < -0.3 is 14.9 Å². The highest BCUT2D eigenvalue weighted by molar-refractivity contribution is 6.34. The second-order valence-electron chi connectivity index (χ2n) is 2.30. The smallest absolute Gasteiger partial charge is 0.202 e. The average Bonchev–Trinajstić information content (AvgIpc) is 2.12. The minimum Gasteiger partial charge on any atom is -0.504 e. The van der Waals surface area contributed by atoms with Gasteiger partial charge in [-0.3, -0.25) is 4.79 Å². The Hall–Kier alpha value is -1.42. The summed E-state index contributed by atoms with van der Waals surface area (Å²) in [5.41, 5.74) is 0.0637. The van der Waals surface area contributed by atoms with E-state index in [0.29, 0.717) is 6.29 Å². The minimum atomic E-state index is -0.474. The lowest BCUT2D eigenvalue weighted by molar-refractivity contribution is 0.112. The Kier molecular flexibility index (Phi) is 2.63. The standard InChI is InChI=1S/C8H7ClO4/c1-13-8-6(9)4(3-10)2-5(11)7(8)12/h2-3,11-12H,1H3. The van der Waals surface area contributed by atoms with E-state index in [-0.39, 0.29) is 16.3 Å². The molecule has 0 spiro atoms. The van der Waals surface area contributed by atoms with Crippen molar-refractivity contribution in [2.75, 3.05) is 7.11 Å². The lowest BCUT2D eigenvalue weighted by atomic mass is 10.2. The summed E-state index contributed by atoms with van der Waals surface area (Å²) in [7, 11) is 1.27.